The van der Waals surface area contributed by atoms with Crippen LogP contribution in [0.3, 0.4) is 0 Å². The Kier molecular flexibility index (Phi) is 5.37. The number of thiazole rings is 1. The Bertz CT molecular complexity index is 843. The van der Waals surface area contributed by atoms with E-state index in [1.807, 2.05) is 62.3 Å². The third-order valence-corrected chi connectivity index (χ3v) is 5.46. The summed E-state index contributed by atoms with van der Waals surface area (Å²) in [5, 5.41) is 4.65. The van der Waals surface area contributed by atoms with Gasteiger partial charge in [-0.25, -0.2) is 4.98 Å². The minimum atomic E-state index is -0.380. The number of para-hydroxylation sites is 1. The topological polar surface area (TPSA) is 45.2 Å². The minimum Gasteiger partial charge on any atom is -0.345 e. The average Bonchev–Trinajstić information content (AvgIpc) is 3.01. The smallest absolute Gasteiger partial charge is 0.242 e. The van der Waals surface area contributed by atoms with E-state index in [2.05, 4.69) is 10.3 Å². The number of halogens is 1. The van der Waals surface area contributed by atoms with Gasteiger partial charge in [-0.15, -0.1) is 11.3 Å². The van der Waals surface area contributed by atoms with Crippen LogP contribution < -0.4 is 5.32 Å². The van der Waals surface area contributed by atoms with E-state index in [1.165, 1.54) is 0 Å². The van der Waals surface area contributed by atoms with Gasteiger partial charge in [-0.1, -0.05) is 35.9 Å². The normalized spacial score (nSPS) is 13.8. The lowest BCUT2D eigenvalue weighted by Gasteiger charge is -2.25. The maximum absolute atomic E-state index is 12.9. The maximum atomic E-state index is 12.9. The van der Waals surface area contributed by atoms with Crippen LogP contribution in [-0.4, -0.2) is 29.9 Å². The van der Waals surface area contributed by atoms with E-state index in [0.717, 1.165) is 20.8 Å². The number of aromatic nitrogens is 1. The molecule has 0 fully saturated rings. The molecule has 0 aliphatic rings. The van der Waals surface area contributed by atoms with Crippen molar-refractivity contribution in [2.24, 2.45) is 0 Å². The maximum Gasteiger partial charge on any atom is 0.242 e. The Hall–Kier alpha value is -1.95. The van der Waals surface area contributed by atoms with Crippen molar-refractivity contribution in [3.8, 4) is 0 Å². The van der Waals surface area contributed by atoms with Gasteiger partial charge in [0.2, 0.25) is 5.91 Å². The SMILES string of the molecule is C[C@@H](NC(=O)[C@H](c1ccc(Cl)cc1)N(C)C)c1nc2ccccc2s1. The highest BCUT2D eigenvalue weighted by molar-refractivity contribution is 7.18. The number of fused-ring (bicyclic) bond motifs is 1. The fraction of sp³-hybridized carbons (Fsp3) is 0.263. The Morgan fingerprint density at radius 3 is 2.48 bits per heavy atom. The van der Waals surface area contributed by atoms with Gasteiger partial charge in [-0.3, -0.25) is 9.69 Å². The number of rotatable bonds is 5. The van der Waals surface area contributed by atoms with Gasteiger partial charge in [-0.2, -0.15) is 0 Å². The van der Waals surface area contributed by atoms with Crippen molar-refractivity contribution in [1.29, 1.82) is 0 Å². The molecule has 1 amide bonds. The Morgan fingerprint density at radius 1 is 1.16 bits per heavy atom. The van der Waals surface area contributed by atoms with Crippen LogP contribution in [-0.2, 0) is 4.79 Å². The lowest BCUT2D eigenvalue weighted by atomic mass is 10.0. The third-order valence-electron chi connectivity index (χ3n) is 3.99. The van der Waals surface area contributed by atoms with Crippen molar-refractivity contribution in [1.82, 2.24) is 15.2 Å². The number of likely N-dealkylation sites (N-methyl/N-ethyl adjacent to an activating group) is 1. The molecule has 6 heteroatoms. The summed E-state index contributed by atoms with van der Waals surface area (Å²) in [6.07, 6.45) is 0. The molecule has 3 aromatic rings. The van der Waals surface area contributed by atoms with E-state index in [1.54, 1.807) is 23.5 Å². The minimum absolute atomic E-state index is 0.0564. The van der Waals surface area contributed by atoms with Crippen molar-refractivity contribution in [3.05, 3.63) is 64.1 Å². The molecule has 2 aromatic carbocycles. The molecular formula is C19H20ClN3OS. The van der Waals surface area contributed by atoms with Gasteiger partial charge in [-0.05, 0) is 50.8 Å². The molecular weight excluding hydrogens is 354 g/mol. The van der Waals surface area contributed by atoms with E-state index in [4.69, 9.17) is 11.6 Å². The van der Waals surface area contributed by atoms with Crippen molar-refractivity contribution < 1.29 is 4.79 Å². The van der Waals surface area contributed by atoms with Gasteiger partial charge >= 0.3 is 0 Å². The summed E-state index contributed by atoms with van der Waals surface area (Å²) in [6.45, 7) is 1.96. The van der Waals surface area contributed by atoms with Crippen molar-refractivity contribution >= 4 is 39.1 Å². The zero-order valence-corrected chi connectivity index (χ0v) is 15.9. The Labute approximate surface area is 156 Å². The summed E-state index contributed by atoms with van der Waals surface area (Å²) >= 11 is 7.57. The lowest BCUT2D eigenvalue weighted by molar-refractivity contribution is -0.126. The molecule has 0 radical (unpaired) electrons. The van der Waals surface area contributed by atoms with Crippen LogP contribution in [0, 0.1) is 0 Å². The average molecular weight is 374 g/mol. The monoisotopic (exact) mass is 373 g/mol. The molecule has 1 aromatic heterocycles. The number of benzene rings is 2. The van der Waals surface area contributed by atoms with Crippen molar-refractivity contribution in [2.75, 3.05) is 14.1 Å². The highest BCUT2D eigenvalue weighted by Gasteiger charge is 2.25. The van der Waals surface area contributed by atoms with E-state index in [0.29, 0.717) is 5.02 Å². The highest BCUT2D eigenvalue weighted by Crippen LogP contribution is 2.27. The van der Waals surface area contributed by atoms with Gasteiger partial charge in [0.05, 0.1) is 16.3 Å². The van der Waals surface area contributed by atoms with Crippen LogP contribution in [0.5, 0.6) is 0 Å². The van der Waals surface area contributed by atoms with Crippen LogP contribution in [0.4, 0.5) is 0 Å². The zero-order chi connectivity index (χ0) is 18.0. The number of carbonyl (C=O) groups excluding carboxylic acids is 1. The van der Waals surface area contributed by atoms with Crippen LogP contribution in [0.15, 0.2) is 48.5 Å². The van der Waals surface area contributed by atoms with E-state index in [9.17, 15) is 4.79 Å². The zero-order valence-electron chi connectivity index (χ0n) is 14.4. The lowest BCUT2D eigenvalue weighted by Crippen LogP contribution is -2.38. The molecule has 3 rings (SSSR count). The summed E-state index contributed by atoms with van der Waals surface area (Å²) in [5.74, 6) is -0.0564. The van der Waals surface area contributed by atoms with E-state index >= 15 is 0 Å². The van der Waals surface area contributed by atoms with Crippen LogP contribution in [0.25, 0.3) is 10.2 Å². The number of hydrogen-bond acceptors (Lipinski definition) is 4. The Balaban J connectivity index is 1.79. The molecule has 0 spiro atoms. The van der Waals surface area contributed by atoms with Gasteiger partial charge in [0.15, 0.2) is 0 Å². The summed E-state index contributed by atoms with van der Waals surface area (Å²) in [4.78, 5) is 19.4. The first-order valence-corrected chi connectivity index (χ1v) is 9.23. The quantitative estimate of drug-likeness (QED) is 0.719. The molecule has 0 aliphatic carbocycles. The second-order valence-electron chi connectivity index (χ2n) is 6.17. The molecule has 0 bridgehead atoms. The summed E-state index contributed by atoms with van der Waals surface area (Å²) in [7, 11) is 3.78. The Morgan fingerprint density at radius 2 is 1.84 bits per heavy atom. The number of nitrogens with zero attached hydrogens (tertiary/aromatic N) is 2. The largest absolute Gasteiger partial charge is 0.345 e. The van der Waals surface area contributed by atoms with Gasteiger partial charge in [0.25, 0.3) is 0 Å². The van der Waals surface area contributed by atoms with Crippen LogP contribution in [0.1, 0.15) is 29.6 Å². The van der Waals surface area contributed by atoms with Crippen molar-refractivity contribution in [2.45, 2.75) is 19.0 Å². The predicted octanol–water partition coefficient (Wildman–Crippen LogP) is 4.43. The fourth-order valence-electron chi connectivity index (χ4n) is 2.76. The first-order chi connectivity index (χ1) is 12.0. The first kappa shape index (κ1) is 17.9. The molecule has 0 saturated carbocycles. The standard InChI is InChI=1S/C19H20ClN3OS/c1-12(19-22-15-6-4-5-7-16(15)25-19)21-18(24)17(23(2)3)13-8-10-14(20)11-9-13/h4-12,17H,1-3H3,(H,21,24)/t12-,17+/m1/s1. The highest BCUT2D eigenvalue weighted by atomic mass is 35.5. The summed E-state index contributed by atoms with van der Waals surface area (Å²) in [6, 6.07) is 14.8. The second kappa shape index (κ2) is 7.52. The summed E-state index contributed by atoms with van der Waals surface area (Å²) < 4.78 is 1.13. The summed E-state index contributed by atoms with van der Waals surface area (Å²) in [5.41, 5.74) is 1.87. The van der Waals surface area contributed by atoms with Crippen LogP contribution in [0.2, 0.25) is 5.02 Å². The molecule has 0 aliphatic heterocycles. The van der Waals surface area contributed by atoms with Crippen LogP contribution >= 0.6 is 22.9 Å². The molecule has 1 N–H and O–H groups in total. The number of hydrogen-bond donors (Lipinski definition) is 1. The number of carbonyl (C=O) groups is 1. The molecule has 25 heavy (non-hydrogen) atoms. The van der Waals surface area contributed by atoms with E-state index < -0.39 is 0 Å². The molecule has 4 nitrogen and oxygen atoms in total. The fourth-order valence-corrected chi connectivity index (χ4v) is 3.85. The molecule has 0 saturated heterocycles. The second-order valence-corrected chi connectivity index (χ2v) is 7.67. The van der Waals surface area contributed by atoms with E-state index in [-0.39, 0.29) is 18.0 Å². The molecule has 0 unspecified atom stereocenters. The van der Waals surface area contributed by atoms with Gasteiger partial charge < -0.3 is 5.32 Å². The molecule has 2 atom stereocenters. The van der Waals surface area contributed by atoms with Crippen molar-refractivity contribution in [3.63, 3.8) is 0 Å². The first-order valence-electron chi connectivity index (χ1n) is 8.03. The van der Waals surface area contributed by atoms with Gasteiger partial charge in [0.1, 0.15) is 11.0 Å². The number of nitrogens with one attached hydrogen (secondary N) is 1. The van der Waals surface area contributed by atoms with Gasteiger partial charge in [0, 0.05) is 5.02 Å². The molecule has 1 heterocycles. The molecule has 130 valence electrons. The predicted molar refractivity (Wildman–Crippen MR) is 104 cm³/mol. The number of amides is 1. The third kappa shape index (κ3) is 4.00.